The fourth-order valence-electron chi connectivity index (χ4n) is 4.82. The highest BCUT2D eigenvalue weighted by atomic mass is 35.5. The van der Waals surface area contributed by atoms with Gasteiger partial charge in [0.15, 0.2) is 0 Å². The van der Waals surface area contributed by atoms with Gasteiger partial charge in [-0.1, -0.05) is 41.9 Å². The second-order valence-electron chi connectivity index (χ2n) is 8.97. The lowest BCUT2D eigenvalue weighted by Gasteiger charge is -2.43. The standard InChI is InChI=1S/C25H27ClFN3O6S/c1-2-36-22(31)16-30-23(32)21(14-17-6-4-3-5-7-17)28-25(30)10-12-29(13-11-25)37(34,35)24(33)18-8-9-20(27)19(26)15-18/h3-9,15,21,28H,2,10-14,16H2,1H3. The summed E-state index contributed by atoms with van der Waals surface area (Å²) in [5.41, 5.74) is -0.282. The molecule has 1 spiro atoms. The fourth-order valence-corrected chi connectivity index (χ4v) is 6.32. The van der Waals surface area contributed by atoms with Gasteiger partial charge in [0.1, 0.15) is 12.4 Å². The molecule has 9 nitrogen and oxygen atoms in total. The topological polar surface area (TPSA) is 113 Å². The van der Waals surface area contributed by atoms with Crippen molar-refractivity contribution in [3.8, 4) is 0 Å². The van der Waals surface area contributed by atoms with Crippen LogP contribution < -0.4 is 5.32 Å². The molecule has 198 valence electrons. The lowest BCUT2D eigenvalue weighted by atomic mass is 9.97. The van der Waals surface area contributed by atoms with Crippen molar-refractivity contribution in [2.45, 2.75) is 37.9 Å². The van der Waals surface area contributed by atoms with Gasteiger partial charge in [0.05, 0.1) is 23.3 Å². The molecule has 1 amide bonds. The summed E-state index contributed by atoms with van der Waals surface area (Å²) >= 11 is 5.72. The van der Waals surface area contributed by atoms with Gasteiger partial charge in [-0.3, -0.25) is 19.7 Å². The van der Waals surface area contributed by atoms with Gasteiger partial charge in [0.25, 0.3) is 15.1 Å². The summed E-state index contributed by atoms with van der Waals surface area (Å²) in [7, 11) is -4.43. The second kappa shape index (κ2) is 10.9. The van der Waals surface area contributed by atoms with Gasteiger partial charge in [-0.05, 0) is 49.9 Å². The van der Waals surface area contributed by atoms with Crippen LogP contribution in [0.4, 0.5) is 4.39 Å². The number of carbonyl (C=O) groups excluding carboxylic acids is 3. The molecule has 0 bridgehead atoms. The largest absolute Gasteiger partial charge is 0.465 e. The van der Waals surface area contributed by atoms with Crippen LogP contribution in [0.15, 0.2) is 48.5 Å². The zero-order valence-electron chi connectivity index (χ0n) is 20.2. The van der Waals surface area contributed by atoms with Crippen LogP contribution in [0.5, 0.6) is 0 Å². The van der Waals surface area contributed by atoms with Crippen molar-refractivity contribution in [1.29, 1.82) is 0 Å². The normalized spacial score (nSPS) is 19.8. The molecule has 12 heteroatoms. The maximum atomic E-state index is 13.5. The number of carbonyl (C=O) groups is 3. The maximum Gasteiger partial charge on any atom is 0.325 e. The highest BCUT2D eigenvalue weighted by molar-refractivity contribution is 8.04. The van der Waals surface area contributed by atoms with Gasteiger partial charge in [-0.2, -0.15) is 4.31 Å². The predicted molar refractivity (Wildman–Crippen MR) is 134 cm³/mol. The number of halogens is 2. The summed E-state index contributed by atoms with van der Waals surface area (Å²) in [5, 5.41) is 1.81. The lowest BCUT2D eigenvalue weighted by molar-refractivity contribution is -0.151. The molecule has 2 saturated heterocycles. The first kappa shape index (κ1) is 27.2. The highest BCUT2D eigenvalue weighted by Gasteiger charge is 2.53. The fraction of sp³-hybridized carbons (Fsp3) is 0.400. The van der Waals surface area contributed by atoms with Crippen molar-refractivity contribution in [1.82, 2.24) is 14.5 Å². The number of ether oxygens (including phenoxy) is 1. The zero-order chi connectivity index (χ0) is 26.8. The first-order chi connectivity index (χ1) is 17.6. The summed E-state index contributed by atoms with van der Waals surface area (Å²) in [5.74, 6) is -1.60. The minimum absolute atomic E-state index is 0.0688. The Morgan fingerprint density at radius 3 is 2.46 bits per heavy atom. The molecule has 1 N–H and O–H groups in total. The second-order valence-corrected chi connectivity index (χ2v) is 11.2. The van der Waals surface area contributed by atoms with Gasteiger partial charge in [-0.15, -0.1) is 0 Å². The molecule has 37 heavy (non-hydrogen) atoms. The molecule has 4 rings (SSSR count). The number of esters is 1. The molecular formula is C25H27ClFN3O6S. The van der Waals surface area contributed by atoms with Crippen LogP contribution in [0, 0.1) is 5.82 Å². The SMILES string of the molecule is CCOC(=O)CN1C(=O)C(Cc2ccccc2)NC12CCN(S(=O)(=O)C(=O)c1ccc(F)c(Cl)c1)CC2. The van der Waals surface area contributed by atoms with Crippen LogP contribution in [0.3, 0.4) is 0 Å². The van der Waals surface area contributed by atoms with Crippen LogP contribution in [-0.2, 0) is 30.8 Å². The van der Waals surface area contributed by atoms with E-state index in [1.807, 2.05) is 30.3 Å². The summed E-state index contributed by atoms with van der Waals surface area (Å²) in [6, 6.07) is 11.8. The molecule has 2 aliphatic rings. The van der Waals surface area contributed by atoms with Crippen LogP contribution in [0.1, 0.15) is 35.7 Å². The molecule has 2 aromatic rings. The van der Waals surface area contributed by atoms with Crippen molar-refractivity contribution < 1.29 is 31.9 Å². The smallest absolute Gasteiger partial charge is 0.325 e. The van der Waals surface area contributed by atoms with E-state index in [1.165, 1.54) is 4.90 Å². The van der Waals surface area contributed by atoms with Gasteiger partial charge in [-0.25, -0.2) is 12.8 Å². The molecule has 0 radical (unpaired) electrons. The van der Waals surface area contributed by atoms with E-state index < -0.39 is 38.6 Å². The maximum absolute atomic E-state index is 13.5. The molecule has 2 aliphatic heterocycles. The van der Waals surface area contributed by atoms with Crippen LogP contribution in [0.25, 0.3) is 0 Å². The summed E-state index contributed by atoms with van der Waals surface area (Å²) in [6.07, 6.45) is 0.701. The average molecular weight is 552 g/mol. The number of hydrogen-bond acceptors (Lipinski definition) is 7. The van der Waals surface area contributed by atoms with E-state index in [-0.39, 0.29) is 55.6 Å². The third kappa shape index (κ3) is 5.54. The minimum atomic E-state index is -4.43. The van der Waals surface area contributed by atoms with E-state index in [0.29, 0.717) is 6.42 Å². The number of rotatable bonds is 7. The number of amides is 1. The lowest BCUT2D eigenvalue weighted by Crippen LogP contribution is -2.60. The van der Waals surface area contributed by atoms with E-state index in [4.69, 9.17) is 16.3 Å². The average Bonchev–Trinajstić information content (AvgIpc) is 3.11. The summed E-state index contributed by atoms with van der Waals surface area (Å²) < 4.78 is 45.7. The van der Waals surface area contributed by atoms with Crippen LogP contribution in [0.2, 0.25) is 5.02 Å². The van der Waals surface area contributed by atoms with Gasteiger partial charge >= 0.3 is 5.97 Å². The number of nitrogens with one attached hydrogen (secondary N) is 1. The summed E-state index contributed by atoms with van der Waals surface area (Å²) in [4.78, 5) is 39.9. The Bertz CT molecular complexity index is 1300. The molecule has 0 aliphatic carbocycles. The predicted octanol–water partition coefficient (Wildman–Crippen LogP) is 2.35. The first-order valence-electron chi connectivity index (χ1n) is 11.9. The molecule has 0 saturated carbocycles. The van der Waals surface area contributed by atoms with Crippen molar-refractivity contribution in [2.75, 3.05) is 26.2 Å². The van der Waals surface area contributed by atoms with E-state index in [1.54, 1.807) is 6.92 Å². The van der Waals surface area contributed by atoms with Crippen molar-refractivity contribution in [2.24, 2.45) is 0 Å². The van der Waals surface area contributed by atoms with Crippen molar-refractivity contribution >= 4 is 38.6 Å². The molecule has 2 fully saturated rings. The number of piperidine rings is 1. The Hall–Kier alpha value is -2.86. The van der Waals surface area contributed by atoms with Crippen molar-refractivity contribution in [3.63, 3.8) is 0 Å². The number of hydrogen-bond donors (Lipinski definition) is 1. The Balaban J connectivity index is 1.53. The highest BCUT2D eigenvalue weighted by Crippen LogP contribution is 2.34. The monoisotopic (exact) mass is 551 g/mol. The van der Waals surface area contributed by atoms with Crippen LogP contribution >= 0.6 is 11.6 Å². The third-order valence-corrected chi connectivity index (χ3v) is 8.72. The van der Waals surface area contributed by atoms with E-state index in [2.05, 4.69) is 5.32 Å². The molecular weight excluding hydrogens is 525 g/mol. The van der Waals surface area contributed by atoms with Crippen LogP contribution in [-0.4, -0.2) is 72.6 Å². The third-order valence-electron chi connectivity index (χ3n) is 6.68. The Kier molecular flexibility index (Phi) is 7.98. The quantitative estimate of drug-likeness (QED) is 0.526. The number of nitrogens with zero attached hydrogens (tertiary/aromatic N) is 2. The molecule has 0 aromatic heterocycles. The van der Waals surface area contributed by atoms with Gasteiger partial charge in [0, 0.05) is 18.7 Å². The zero-order valence-corrected chi connectivity index (χ0v) is 21.7. The molecule has 2 heterocycles. The Morgan fingerprint density at radius 2 is 1.84 bits per heavy atom. The number of sulfonamides is 1. The minimum Gasteiger partial charge on any atom is -0.465 e. The van der Waals surface area contributed by atoms with E-state index in [9.17, 15) is 27.2 Å². The molecule has 1 unspecified atom stereocenters. The summed E-state index contributed by atoms with van der Waals surface area (Å²) in [6.45, 7) is 1.42. The molecule has 1 atom stereocenters. The first-order valence-corrected chi connectivity index (χ1v) is 13.7. The van der Waals surface area contributed by atoms with Crippen molar-refractivity contribution in [3.05, 3.63) is 70.5 Å². The van der Waals surface area contributed by atoms with Gasteiger partial charge < -0.3 is 9.64 Å². The number of benzene rings is 2. The molecule has 2 aromatic carbocycles. The Morgan fingerprint density at radius 1 is 1.16 bits per heavy atom. The van der Waals surface area contributed by atoms with E-state index in [0.717, 1.165) is 28.1 Å². The van der Waals surface area contributed by atoms with Gasteiger partial charge in [0.2, 0.25) is 5.91 Å². The van der Waals surface area contributed by atoms with E-state index >= 15 is 0 Å². The Labute approximate surface area is 219 Å².